The van der Waals surface area contributed by atoms with Gasteiger partial charge in [-0.15, -0.1) is 0 Å². The van der Waals surface area contributed by atoms with Crippen molar-refractivity contribution in [2.45, 2.75) is 12.7 Å². The topological polar surface area (TPSA) is 67.2 Å². The molecule has 0 aliphatic rings. The van der Waals surface area contributed by atoms with Crippen molar-refractivity contribution < 1.29 is 40.6 Å². The van der Waals surface area contributed by atoms with E-state index in [1.54, 1.807) is 6.07 Å². The first-order valence-electron chi connectivity index (χ1n) is 12.0. The minimum absolute atomic E-state index is 0.0235. The molecule has 0 bridgehead atoms. The summed E-state index contributed by atoms with van der Waals surface area (Å²) in [5.74, 6) is 1.12. The van der Waals surface area contributed by atoms with Gasteiger partial charge in [-0.2, -0.15) is 18.3 Å². The van der Waals surface area contributed by atoms with Crippen LogP contribution in [0.4, 0.5) is 41.2 Å². The number of halogens is 7. The number of carbonyl (C=O) groups is 1. The Morgan fingerprint density at radius 2 is 1.60 bits per heavy atom. The second kappa shape index (κ2) is 10.9. The highest BCUT2D eigenvalue weighted by Gasteiger charge is 2.34. The molecule has 1 amide bonds. The van der Waals surface area contributed by atoms with E-state index < -0.39 is 58.7 Å². The van der Waals surface area contributed by atoms with Gasteiger partial charge in [0.2, 0.25) is 0 Å². The molecule has 0 saturated carbocycles. The molecule has 42 heavy (non-hydrogen) atoms. The van der Waals surface area contributed by atoms with Crippen molar-refractivity contribution in [2.75, 3.05) is 5.32 Å². The Kier molecular flexibility index (Phi) is 7.34. The van der Waals surface area contributed by atoms with Gasteiger partial charge in [0, 0.05) is 34.2 Å². The van der Waals surface area contributed by atoms with Crippen LogP contribution in [0.2, 0.25) is 0 Å². The summed E-state index contributed by atoms with van der Waals surface area (Å²) in [6.07, 6.45) is -6.18. The molecular formula is C30H16F7N3O2. The first-order valence-corrected chi connectivity index (χ1v) is 12.0. The molecule has 0 saturated heterocycles. The summed E-state index contributed by atoms with van der Waals surface area (Å²) < 4.78 is 98.9. The van der Waals surface area contributed by atoms with E-state index >= 15 is 0 Å². The Balaban J connectivity index is 1.66. The summed E-state index contributed by atoms with van der Waals surface area (Å²) in [7, 11) is 0. The number of fused-ring (bicyclic) bond motifs is 1. The van der Waals surface area contributed by atoms with E-state index in [4.69, 9.17) is 5.11 Å². The number of hydrogen-bond donors (Lipinski definition) is 2. The van der Waals surface area contributed by atoms with Crippen LogP contribution in [-0.4, -0.2) is 21.0 Å². The van der Waals surface area contributed by atoms with Crippen molar-refractivity contribution in [3.8, 4) is 23.1 Å². The average molecular weight is 583 g/mol. The van der Waals surface area contributed by atoms with E-state index in [1.807, 2.05) is 0 Å². The number of carboxylic acid groups (broad SMARTS) is 1. The van der Waals surface area contributed by atoms with E-state index in [-0.39, 0.29) is 27.9 Å². The molecule has 1 heterocycles. The maximum Gasteiger partial charge on any atom is 0.418 e. The van der Waals surface area contributed by atoms with Gasteiger partial charge in [-0.25, -0.2) is 22.4 Å². The normalized spacial score (nSPS) is 11.3. The van der Waals surface area contributed by atoms with Gasteiger partial charge in [0.05, 0.1) is 29.1 Å². The van der Waals surface area contributed by atoms with Gasteiger partial charge in [-0.1, -0.05) is 36.1 Å². The van der Waals surface area contributed by atoms with E-state index in [9.17, 15) is 35.5 Å². The number of nitrogens with zero attached hydrogens (tertiary/aromatic N) is 2. The lowest BCUT2D eigenvalue weighted by Crippen LogP contribution is -2.09. The van der Waals surface area contributed by atoms with Crippen LogP contribution in [0.15, 0.2) is 72.8 Å². The van der Waals surface area contributed by atoms with Crippen LogP contribution >= 0.6 is 0 Å². The van der Waals surface area contributed by atoms with Crippen molar-refractivity contribution in [1.29, 1.82) is 0 Å². The first-order chi connectivity index (χ1) is 19.9. The minimum Gasteiger partial charge on any atom is -0.465 e. The monoisotopic (exact) mass is 583 g/mol. The van der Waals surface area contributed by atoms with Crippen molar-refractivity contribution in [3.05, 3.63) is 118 Å². The van der Waals surface area contributed by atoms with Crippen molar-refractivity contribution >= 4 is 22.7 Å². The average Bonchev–Trinajstić information content (AvgIpc) is 3.28. The van der Waals surface area contributed by atoms with Crippen LogP contribution in [0, 0.1) is 35.1 Å². The van der Waals surface area contributed by atoms with Crippen LogP contribution < -0.4 is 5.32 Å². The third-order valence-electron chi connectivity index (χ3n) is 6.19. The molecule has 5 rings (SSSR count). The van der Waals surface area contributed by atoms with Crippen molar-refractivity contribution in [2.24, 2.45) is 0 Å². The molecule has 0 aliphatic carbocycles. The second-order valence-electron chi connectivity index (χ2n) is 9.00. The van der Waals surface area contributed by atoms with Gasteiger partial charge in [-0.05, 0) is 36.4 Å². The maximum absolute atomic E-state index is 14.5. The molecule has 0 aliphatic heterocycles. The Bertz CT molecular complexity index is 1900. The molecule has 5 aromatic rings. The molecule has 212 valence electrons. The minimum atomic E-state index is -4.79. The summed E-state index contributed by atoms with van der Waals surface area (Å²) in [5.41, 5.74) is -1.46. The number of anilines is 1. The molecule has 0 fully saturated rings. The van der Waals surface area contributed by atoms with Gasteiger partial charge in [0.1, 0.15) is 28.8 Å². The summed E-state index contributed by atoms with van der Waals surface area (Å²) >= 11 is 0. The molecule has 0 spiro atoms. The predicted octanol–water partition coefficient (Wildman–Crippen LogP) is 7.82. The van der Waals surface area contributed by atoms with Crippen LogP contribution in [-0.2, 0) is 12.7 Å². The number of hydrogen-bond acceptors (Lipinski definition) is 2. The Labute approximate surface area is 232 Å². The van der Waals surface area contributed by atoms with E-state index in [0.717, 1.165) is 22.9 Å². The molecule has 4 aromatic carbocycles. The molecule has 0 unspecified atom stereocenters. The van der Waals surface area contributed by atoms with Crippen LogP contribution in [0.3, 0.4) is 0 Å². The zero-order valence-corrected chi connectivity index (χ0v) is 21.0. The molecule has 0 radical (unpaired) electrons. The summed E-state index contributed by atoms with van der Waals surface area (Å²) in [5, 5.41) is 15.2. The van der Waals surface area contributed by atoms with Crippen LogP contribution in [0.1, 0.15) is 22.3 Å². The van der Waals surface area contributed by atoms with E-state index in [1.165, 1.54) is 36.4 Å². The first kappa shape index (κ1) is 28.2. The van der Waals surface area contributed by atoms with Crippen molar-refractivity contribution in [3.63, 3.8) is 0 Å². The maximum atomic E-state index is 14.5. The second-order valence-corrected chi connectivity index (χ2v) is 9.00. The smallest absolute Gasteiger partial charge is 0.418 e. The van der Waals surface area contributed by atoms with Crippen LogP contribution in [0.5, 0.6) is 0 Å². The lowest BCUT2D eigenvalue weighted by Gasteiger charge is -2.11. The molecule has 1 aromatic heterocycles. The summed E-state index contributed by atoms with van der Waals surface area (Å²) in [6, 6.07) is 13.6. The Hall–Kier alpha value is -5.31. The van der Waals surface area contributed by atoms with Gasteiger partial charge in [-0.3, -0.25) is 10.00 Å². The van der Waals surface area contributed by atoms with Gasteiger partial charge < -0.3 is 5.11 Å². The lowest BCUT2D eigenvalue weighted by molar-refractivity contribution is -0.136. The standard InChI is InChI=1S/C30H16F7N3O2/c31-19-9-10-26(38-29(41)42)17(12-19)8-7-16-3-1-4-18(11-16)28-21-5-2-6-23(30(35,36)37)27(21)39-40(28)15-22-24(33)13-20(32)14-25(22)34/h1-6,9-14,38H,15H2,(H,41,42). The van der Waals surface area contributed by atoms with Gasteiger partial charge in [0.25, 0.3) is 0 Å². The third-order valence-corrected chi connectivity index (χ3v) is 6.19. The highest BCUT2D eigenvalue weighted by atomic mass is 19.4. The summed E-state index contributed by atoms with van der Waals surface area (Å²) in [6.45, 7) is -0.664. The number of rotatable bonds is 4. The van der Waals surface area contributed by atoms with E-state index in [0.29, 0.717) is 17.7 Å². The largest absolute Gasteiger partial charge is 0.465 e. The van der Waals surface area contributed by atoms with Gasteiger partial charge in [0.15, 0.2) is 0 Å². The van der Waals surface area contributed by atoms with Crippen molar-refractivity contribution in [1.82, 2.24) is 9.78 Å². The lowest BCUT2D eigenvalue weighted by atomic mass is 10.0. The molecule has 0 atom stereocenters. The summed E-state index contributed by atoms with van der Waals surface area (Å²) in [4.78, 5) is 11.1. The molecular weight excluding hydrogens is 567 g/mol. The van der Waals surface area contributed by atoms with Crippen LogP contribution in [0.25, 0.3) is 22.2 Å². The molecule has 2 N–H and O–H groups in total. The fraction of sp³-hybridized carbons (Fsp3) is 0.0667. The molecule has 5 nitrogen and oxygen atoms in total. The fourth-order valence-corrected chi connectivity index (χ4v) is 4.40. The number of amides is 1. The van der Waals surface area contributed by atoms with Gasteiger partial charge >= 0.3 is 12.3 Å². The number of benzene rings is 4. The number of nitrogens with one attached hydrogen (secondary N) is 1. The van der Waals surface area contributed by atoms with E-state index in [2.05, 4.69) is 22.3 Å². The Morgan fingerprint density at radius 3 is 2.29 bits per heavy atom. The zero-order valence-electron chi connectivity index (χ0n) is 21.0. The molecule has 12 heteroatoms. The highest BCUT2D eigenvalue weighted by molar-refractivity contribution is 5.95. The zero-order chi connectivity index (χ0) is 30.2. The highest BCUT2D eigenvalue weighted by Crippen LogP contribution is 2.38. The fourth-order valence-electron chi connectivity index (χ4n) is 4.40. The Morgan fingerprint density at radius 1 is 0.881 bits per heavy atom. The quantitative estimate of drug-likeness (QED) is 0.168. The SMILES string of the molecule is O=C(O)Nc1ccc(F)cc1C#Cc1cccc(-c2c3cccc(C(F)(F)F)c3nn2Cc2c(F)cc(F)cc2F)c1. The predicted molar refractivity (Wildman–Crippen MR) is 140 cm³/mol. The number of aromatic nitrogens is 2. The number of alkyl halides is 3. The third kappa shape index (κ3) is 5.76.